The normalized spacial score (nSPS) is 21.7. The maximum absolute atomic E-state index is 4.46. The largest absolute Gasteiger partial charge is 0.351 e. The van der Waals surface area contributed by atoms with Crippen molar-refractivity contribution in [2.75, 3.05) is 13.1 Å². The van der Waals surface area contributed by atoms with Crippen LogP contribution >= 0.6 is 12.4 Å². The molecule has 3 nitrogen and oxygen atoms in total. The van der Waals surface area contributed by atoms with E-state index in [4.69, 9.17) is 0 Å². The van der Waals surface area contributed by atoms with E-state index in [9.17, 15) is 0 Å². The molecule has 2 atom stereocenters. The summed E-state index contributed by atoms with van der Waals surface area (Å²) in [6.07, 6.45) is 8.89. The molecule has 0 aliphatic carbocycles. The van der Waals surface area contributed by atoms with Crippen LogP contribution in [0.3, 0.4) is 0 Å². The molecule has 2 unspecified atom stereocenters. The zero-order valence-electron chi connectivity index (χ0n) is 12.3. The minimum atomic E-state index is 0. The van der Waals surface area contributed by atoms with Gasteiger partial charge in [0.1, 0.15) is 0 Å². The Labute approximate surface area is 133 Å². The van der Waals surface area contributed by atoms with Gasteiger partial charge in [-0.05, 0) is 43.7 Å². The van der Waals surface area contributed by atoms with Crippen molar-refractivity contribution in [1.82, 2.24) is 15.3 Å². The molecule has 1 fully saturated rings. The summed E-state index contributed by atoms with van der Waals surface area (Å²) in [5, 5.41) is 3.51. The van der Waals surface area contributed by atoms with Crippen LogP contribution in [0.4, 0.5) is 0 Å². The molecule has 2 heterocycles. The van der Waals surface area contributed by atoms with Gasteiger partial charge in [0.05, 0.1) is 12.0 Å². The molecule has 0 amide bonds. The summed E-state index contributed by atoms with van der Waals surface area (Å²) in [5.41, 5.74) is 2.68. The van der Waals surface area contributed by atoms with Gasteiger partial charge >= 0.3 is 0 Å². The number of nitrogens with zero attached hydrogens (tertiary/aromatic N) is 1. The van der Waals surface area contributed by atoms with Crippen LogP contribution < -0.4 is 5.32 Å². The number of nitrogens with one attached hydrogen (secondary N) is 2. The van der Waals surface area contributed by atoms with E-state index in [1.807, 2.05) is 0 Å². The molecule has 0 saturated carbocycles. The van der Waals surface area contributed by atoms with Gasteiger partial charge in [-0.1, -0.05) is 30.3 Å². The SMILES string of the molecule is Cl.c1ccc(CCCC2CCNCC2c2c[nH]cn2)cc1. The molecule has 1 aliphatic rings. The number of aromatic nitrogens is 2. The molecule has 1 saturated heterocycles. The van der Waals surface area contributed by atoms with Crippen molar-refractivity contribution in [2.24, 2.45) is 5.92 Å². The van der Waals surface area contributed by atoms with E-state index in [1.54, 1.807) is 6.33 Å². The van der Waals surface area contributed by atoms with Crippen LogP contribution in [0.5, 0.6) is 0 Å². The number of hydrogen-bond acceptors (Lipinski definition) is 2. The topological polar surface area (TPSA) is 40.7 Å². The predicted octanol–water partition coefficient (Wildman–Crippen LogP) is 3.55. The van der Waals surface area contributed by atoms with Gasteiger partial charge in [-0.2, -0.15) is 0 Å². The number of benzene rings is 1. The first-order valence-electron chi connectivity index (χ1n) is 7.67. The lowest BCUT2D eigenvalue weighted by molar-refractivity contribution is 0.297. The fourth-order valence-electron chi connectivity index (χ4n) is 3.29. The minimum Gasteiger partial charge on any atom is -0.351 e. The summed E-state index contributed by atoms with van der Waals surface area (Å²) < 4.78 is 0. The molecule has 1 aromatic heterocycles. The first-order chi connectivity index (χ1) is 9.93. The highest BCUT2D eigenvalue weighted by Gasteiger charge is 2.27. The summed E-state index contributed by atoms with van der Waals surface area (Å²) in [6, 6.07) is 10.8. The molecule has 2 N–H and O–H groups in total. The van der Waals surface area contributed by atoms with E-state index in [2.05, 4.69) is 51.8 Å². The number of imidazole rings is 1. The van der Waals surface area contributed by atoms with Crippen LogP contribution in [0.15, 0.2) is 42.9 Å². The van der Waals surface area contributed by atoms with Gasteiger partial charge in [0.15, 0.2) is 0 Å². The Bertz CT molecular complexity index is 498. The van der Waals surface area contributed by atoms with Crippen molar-refractivity contribution in [3.63, 3.8) is 0 Å². The highest BCUT2D eigenvalue weighted by atomic mass is 35.5. The Balaban J connectivity index is 0.00000161. The molecule has 1 aliphatic heterocycles. The molecular formula is C17H24ClN3. The van der Waals surface area contributed by atoms with Gasteiger partial charge < -0.3 is 10.3 Å². The van der Waals surface area contributed by atoms with Crippen LogP contribution in [0.25, 0.3) is 0 Å². The lowest BCUT2D eigenvalue weighted by Gasteiger charge is -2.31. The molecule has 114 valence electrons. The molecule has 0 spiro atoms. The van der Waals surface area contributed by atoms with E-state index in [1.165, 1.54) is 36.9 Å². The van der Waals surface area contributed by atoms with Gasteiger partial charge in [0.25, 0.3) is 0 Å². The van der Waals surface area contributed by atoms with Gasteiger partial charge in [-0.15, -0.1) is 12.4 Å². The highest BCUT2D eigenvalue weighted by molar-refractivity contribution is 5.85. The predicted molar refractivity (Wildman–Crippen MR) is 88.9 cm³/mol. The summed E-state index contributed by atoms with van der Waals surface area (Å²) in [5.74, 6) is 1.34. The molecule has 0 radical (unpaired) electrons. The molecule has 4 heteroatoms. The first kappa shape index (κ1) is 16.1. The second kappa shape index (κ2) is 8.20. The zero-order chi connectivity index (χ0) is 13.6. The first-order valence-corrected chi connectivity index (χ1v) is 7.67. The van der Waals surface area contributed by atoms with Crippen LogP contribution in [0.1, 0.15) is 36.4 Å². The van der Waals surface area contributed by atoms with Crippen molar-refractivity contribution < 1.29 is 0 Å². The van der Waals surface area contributed by atoms with Crippen molar-refractivity contribution in [2.45, 2.75) is 31.6 Å². The number of halogens is 1. The fraction of sp³-hybridized carbons (Fsp3) is 0.471. The monoisotopic (exact) mass is 305 g/mol. The van der Waals surface area contributed by atoms with Gasteiger partial charge in [-0.25, -0.2) is 4.98 Å². The highest BCUT2D eigenvalue weighted by Crippen LogP contribution is 2.31. The second-order valence-corrected chi connectivity index (χ2v) is 5.73. The van der Waals surface area contributed by atoms with Crippen molar-refractivity contribution in [3.05, 3.63) is 54.1 Å². The molecule has 0 bridgehead atoms. The lowest BCUT2D eigenvalue weighted by atomic mass is 9.81. The Kier molecular flexibility index (Phi) is 6.27. The third kappa shape index (κ3) is 4.32. The molecule has 1 aromatic carbocycles. The Morgan fingerprint density at radius 2 is 2.05 bits per heavy atom. The van der Waals surface area contributed by atoms with E-state index < -0.39 is 0 Å². The average molecular weight is 306 g/mol. The molecule has 21 heavy (non-hydrogen) atoms. The summed E-state index contributed by atoms with van der Waals surface area (Å²) in [4.78, 5) is 7.55. The summed E-state index contributed by atoms with van der Waals surface area (Å²) >= 11 is 0. The van der Waals surface area contributed by atoms with E-state index >= 15 is 0 Å². The number of aromatic amines is 1. The lowest BCUT2D eigenvalue weighted by Crippen LogP contribution is -2.35. The Hall–Kier alpha value is -1.32. The van der Waals surface area contributed by atoms with E-state index in [0.717, 1.165) is 19.0 Å². The number of piperidine rings is 1. The van der Waals surface area contributed by atoms with Gasteiger partial charge in [-0.3, -0.25) is 0 Å². The van der Waals surface area contributed by atoms with E-state index in [-0.39, 0.29) is 12.4 Å². The van der Waals surface area contributed by atoms with Crippen LogP contribution in [0, 0.1) is 5.92 Å². The maximum Gasteiger partial charge on any atom is 0.0923 e. The van der Waals surface area contributed by atoms with Gasteiger partial charge in [0.2, 0.25) is 0 Å². The van der Waals surface area contributed by atoms with E-state index in [0.29, 0.717) is 5.92 Å². The number of rotatable bonds is 5. The smallest absolute Gasteiger partial charge is 0.0923 e. The summed E-state index contributed by atoms with van der Waals surface area (Å²) in [7, 11) is 0. The Morgan fingerprint density at radius 3 is 2.81 bits per heavy atom. The van der Waals surface area contributed by atoms with Crippen molar-refractivity contribution in [3.8, 4) is 0 Å². The number of H-pyrrole nitrogens is 1. The summed E-state index contributed by atoms with van der Waals surface area (Å²) in [6.45, 7) is 2.22. The zero-order valence-corrected chi connectivity index (χ0v) is 13.1. The quantitative estimate of drug-likeness (QED) is 0.887. The number of aryl methyl sites for hydroxylation is 1. The maximum atomic E-state index is 4.46. The average Bonchev–Trinajstić information content (AvgIpc) is 3.03. The van der Waals surface area contributed by atoms with Gasteiger partial charge in [0, 0.05) is 18.7 Å². The second-order valence-electron chi connectivity index (χ2n) is 5.73. The molecular weight excluding hydrogens is 282 g/mol. The third-order valence-electron chi connectivity index (χ3n) is 4.41. The van der Waals surface area contributed by atoms with Crippen molar-refractivity contribution in [1.29, 1.82) is 0 Å². The van der Waals surface area contributed by atoms with Crippen LogP contribution in [-0.4, -0.2) is 23.1 Å². The Morgan fingerprint density at radius 1 is 1.19 bits per heavy atom. The van der Waals surface area contributed by atoms with Crippen LogP contribution in [-0.2, 0) is 6.42 Å². The standard InChI is InChI=1S/C17H23N3.ClH/c1-2-5-14(6-3-1)7-4-8-15-9-10-18-11-16(15)17-12-19-13-20-17;/h1-3,5-6,12-13,15-16,18H,4,7-11H2,(H,19,20);1H. The molecule has 2 aromatic rings. The number of hydrogen-bond donors (Lipinski definition) is 2. The van der Waals surface area contributed by atoms with Crippen molar-refractivity contribution >= 4 is 12.4 Å². The fourth-order valence-corrected chi connectivity index (χ4v) is 3.29. The van der Waals surface area contributed by atoms with Crippen LogP contribution in [0.2, 0.25) is 0 Å². The molecule has 3 rings (SSSR count). The minimum absolute atomic E-state index is 0. The third-order valence-corrected chi connectivity index (χ3v) is 4.41.